The fraction of sp³-hybridized carbons (Fsp3) is 0.786. The van der Waals surface area contributed by atoms with Crippen molar-refractivity contribution in [1.82, 2.24) is 0 Å². The molecule has 0 bridgehead atoms. The molecule has 192 valence electrons. The topological polar surface area (TPSA) is 36.9 Å². The van der Waals surface area contributed by atoms with Gasteiger partial charge in [-0.25, -0.2) is 0 Å². The Morgan fingerprint density at radius 1 is 0.576 bits per heavy atom. The van der Waals surface area contributed by atoms with Crippen molar-refractivity contribution in [3.05, 3.63) is 30.3 Å². The first kappa shape index (κ1) is 30.1. The van der Waals surface area contributed by atoms with Gasteiger partial charge in [0, 0.05) is 19.8 Å². The molecule has 0 N–H and O–H groups in total. The predicted octanol–water partition coefficient (Wildman–Crippen LogP) is 8.50. The van der Waals surface area contributed by atoms with Gasteiger partial charge in [0.15, 0.2) is 5.73 Å². The lowest BCUT2D eigenvalue weighted by Gasteiger charge is -2.35. The summed E-state index contributed by atoms with van der Waals surface area (Å²) in [6, 6.07) is 10.0. The van der Waals surface area contributed by atoms with Crippen molar-refractivity contribution in [1.29, 1.82) is 0 Å². The summed E-state index contributed by atoms with van der Waals surface area (Å²) in [5.41, 5.74) is -0.174. The lowest BCUT2D eigenvalue weighted by molar-refractivity contribution is 0.0265. The third kappa shape index (κ3) is 13.6. The standard InChI is InChI=1S/C28H52O4Si/c1-5-9-10-11-12-13-14-15-16-17-18-19-23-26-28(32-27-24-21-20-22-25-27)33(29-6-2,30-7-3)31-8-4/h20-22,24-25,28H,5-19,23,26H2,1-4H3. The van der Waals surface area contributed by atoms with Crippen LogP contribution in [0.2, 0.25) is 0 Å². The molecule has 1 rings (SSSR count). The van der Waals surface area contributed by atoms with Crippen LogP contribution in [0.5, 0.6) is 5.75 Å². The van der Waals surface area contributed by atoms with Gasteiger partial charge >= 0.3 is 8.80 Å². The van der Waals surface area contributed by atoms with E-state index in [0.717, 1.165) is 18.6 Å². The Balaban J connectivity index is 2.42. The van der Waals surface area contributed by atoms with Crippen LogP contribution in [0.15, 0.2) is 30.3 Å². The molecular formula is C28H52O4Si. The van der Waals surface area contributed by atoms with Gasteiger partial charge in [-0.05, 0) is 45.7 Å². The number of rotatable bonds is 23. The second-order valence-electron chi connectivity index (χ2n) is 8.85. The van der Waals surface area contributed by atoms with E-state index in [2.05, 4.69) is 6.92 Å². The highest BCUT2D eigenvalue weighted by molar-refractivity contribution is 6.62. The summed E-state index contributed by atoms with van der Waals surface area (Å²) in [5, 5.41) is 0. The summed E-state index contributed by atoms with van der Waals surface area (Å²) in [7, 11) is -2.93. The van der Waals surface area contributed by atoms with Crippen molar-refractivity contribution in [3.8, 4) is 5.75 Å². The van der Waals surface area contributed by atoms with Crippen LogP contribution in [-0.2, 0) is 13.3 Å². The molecule has 0 saturated heterocycles. The molecule has 0 aromatic heterocycles. The first-order valence-corrected chi connectivity index (χ1v) is 15.7. The van der Waals surface area contributed by atoms with Gasteiger partial charge in [-0.3, -0.25) is 0 Å². The number of benzene rings is 1. The number of ether oxygens (including phenoxy) is 1. The quantitative estimate of drug-likeness (QED) is 0.116. The van der Waals surface area contributed by atoms with Crippen molar-refractivity contribution in [2.75, 3.05) is 19.8 Å². The van der Waals surface area contributed by atoms with Gasteiger partial charge in [0.1, 0.15) is 5.75 Å². The molecule has 0 spiro atoms. The smallest absolute Gasteiger partial charge is 0.486 e. The molecule has 0 saturated carbocycles. The molecule has 0 heterocycles. The minimum absolute atomic E-state index is 0.174. The van der Waals surface area contributed by atoms with E-state index in [1.165, 1.54) is 77.0 Å². The van der Waals surface area contributed by atoms with Gasteiger partial charge in [-0.2, -0.15) is 0 Å². The van der Waals surface area contributed by atoms with Crippen molar-refractivity contribution in [2.24, 2.45) is 0 Å². The fourth-order valence-electron chi connectivity index (χ4n) is 4.33. The van der Waals surface area contributed by atoms with Gasteiger partial charge in [-0.15, -0.1) is 0 Å². The Hall–Kier alpha value is -0.883. The number of hydrogen-bond donors (Lipinski definition) is 0. The zero-order valence-electron chi connectivity index (χ0n) is 22.1. The van der Waals surface area contributed by atoms with Crippen LogP contribution in [0.4, 0.5) is 0 Å². The van der Waals surface area contributed by atoms with Gasteiger partial charge < -0.3 is 18.0 Å². The lowest BCUT2D eigenvalue weighted by Crippen LogP contribution is -2.59. The molecule has 1 aromatic carbocycles. The Bertz CT molecular complexity index is 523. The number of para-hydroxylation sites is 1. The largest absolute Gasteiger partial charge is 0.543 e. The molecule has 0 amide bonds. The minimum Gasteiger partial charge on any atom is -0.486 e. The van der Waals surface area contributed by atoms with Gasteiger partial charge in [0.2, 0.25) is 0 Å². The third-order valence-corrected chi connectivity index (χ3v) is 9.29. The first-order chi connectivity index (χ1) is 16.2. The molecule has 0 radical (unpaired) electrons. The minimum atomic E-state index is -2.93. The van der Waals surface area contributed by atoms with E-state index in [-0.39, 0.29) is 5.73 Å². The fourth-order valence-corrected chi connectivity index (χ4v) is 7.18. The summed E-state index contributed by atoms with van der Waals surface area (Å²) in [6.45, 7) is 10.0. The summed E-state index contributed by atoms with van der Waals surface area (Å²) in [6.07, 6.45) is 18.5. The molecule has 0 aliphatic rings. The average molecular weight is 481 g/mol. The molecule has 5 heteroatoms. The van der Waals surface area contributed by atoms with E-state index >= 15 is 0 Å². The highest BCUT2D eigenvalue weighted by atomic mass is 28.4. The van der Waals surface area contributed by atoms with Gasteiger partial charge in [0.05, 0.1) is 0 Å². The van der Waals surface area contributed by atoms with Crippen molar-refractivity contribution in [3.63, 3.8) is 0 Å². The molecule has 1 unspecified atom stereocenters. The maximum atomic E-state index is 6.43. The Morgan fingerprint density at radius 3 is 1.42 bits per heavy atom. The summed E-state index contributed by atoms with van der Waals surface area (Å²) < 4.78 is 25.0. The number of hydrogen-bond acceptors (Lipinski definition) is 4. The second kappa shape index (κ2) is 20.5. The maximum absolute atomic E-state index is 6.43. The van der Waals surface area contributed by atoms with E-state index in [0.29, 0.717) is 19.8 Å². The summed E-state index contributed by atoms with van der Waals surface area (Å²) in [5.74, 6) is 0.855. The van der Waals surface area contributed by atoms with Crippen molar-refractivity contribution < 1.29 is 18.0 Å². The average Bonchev–Trinajstić information content (AvgIpc) is 2.82. The highest BCUT2D eigenvalue weighted by Crippen LogP contribution is 2.26. The van der Waals surface area contributed by atoms with Crippen LogP contribution in [0, 0.1) is 0 Å². The zero-order chi connectivity index (χ0) is 24.0. The van der Waals surface area contributed by atoms with E-state index in [1.807, 2.05) is 51.1 Å². The number of unbranched alkanes of at least 4 members (excludes halogenated alkanes) is 12. The van der Waals surface area contributed by atoms with Crippen molar-refractivity contribution >= 4 is 8.80 Å². The highest BCUT2D eigenvalue weighted by Gasteiger charge is 2.51. The second-order valence-corrected chi connectivity index (χ2v) is 11.6. The van der Waals surface area contributed by atoms with Gasteiger partial charge in [0.25, 0.3) is 0 Å². The third-order valence-electron chi connectivity index (χ3n) is 6.02. The van der Waals surface area contributed by atoms with E-state index in [4.69, 9.17) is 18.0 Å². The summed E-state index contributed by atoms with van der Waals surface area (Å²) in [4.78, 5) is 0. The van der Waals surface area contributed by atoms with E-state index < -0.39 is 8.80 Å². The van der Waals surface area contributed by atoms with Crippen LogP contribution < -0.4 is 4.74 Å². The zero-order valence-corrected chi connectivity index (χ0v) is 23.1. The van der Waals surface area contributed by atoms with E-state index in [1.54, 1.807) is 0 Å². The van der Waals surface area contributed by atoms with Crippen LogP contribution in [0.1, 0.15) is 118 Å². The maximum Gasteiger partial charge on any atom is 0.543 e. The van der Waals surface area contributed by atoms with Crippen LogP contribution >= 0.6 is 0 Å². The van der Waals surface area contributed by atoms with Crippen LogP contribution in [-0.4, -0.2) is 34.4 Å². The molecule has 33 heavy (non-hydrogen) atoms. The first-order valence-electron chi connectivity index (χ1n) is 13.9. The monoisotopic (exact) mass is 480 g/mol. The van der Waals surface area contributed by atoms with E-state index in [9.17, 15) is 0 Å². The molecule has 4 nitrogen and oxygen atoms in total. The molecule has 1 aromatic rings. The van der Waals surface area contributed by atoms with Gasteiger partial charge in [-0.1, -0.05) is 102 Å². The Labute approximate surface area is 206 Å². The Kier molecular flexibility index (Phi) is 18.7. The van der Waals surface area contributed by atoms with Crippen molar-refractivity contribution in [2.45, 2.75) is 123 Å². The SMILES string of the molecule is CCCCCCCCCCCCCCCC(Oc1ccccc1)[Si](OCC)(OCC)OCC. The lowest BCUT2D eigenvalue weighted by atomic mass is 10.0. The normalized spacial score (nSPS) is 12.7. The van der Waals surface area contributed by atoms with Crippen LogP contribution in [0.3, 0.4) is 0 Å². The molecule has 0 fully saturated rings. The molecule has 0 aliphatic heterocycles. The molecule has 0 aliphatic carbocycles. The summed E-state index contributed by atoms with van der Waals surface area (Å²) >= 11 is 0. The van der Waals surface area contributed by atoms with Crippen LogP contribution in [0.25, 0.3) is 0 Å². The predicted molar refractivity (Wildman–Crippen MR) is 142 cm³/mol. The molecular weight excluding hydrogens is 428 g/mol. The Morgan fingerprint density at radius 2 is 1.00 bits per heavy atom. The molecule has 1 atom stereocenters.